The molecule has 0 aromatic heterocycles. The molecule has 6 atom stereocenters. The van der Waals surface area contributed by atoms with Crippen molar-refractivity contribution < 1.29 is 13.5 Å². The van der Waals surface area contributed by atoms with E-state index < -0.39 is 18.4 Å². The second-order valence-electron chi connectivity index (χ2n) is 8.30. The van der Waals surface area contributed by atoms with Crippen molar-refractivity contribution in [1.29, 1.82) is 0 Å². The summed E-state index contributed by atoms with van der Waals surface area (Å²) < 4.78 is 33.4. The SMILES string of the molecule is C=CC(CCC)CCCC(CCC)CCCC1CCC(OC)C(F)C1F. The van der Waals surface area contributed by atoms with Gasteiger partial charge in [-0.2, -0.15) is 0 Å². The van der Waals surface area contributed by atoms with E-state index in [0.717, 1.165) is 31.6 Å². The average Bonchev–Trinajstić information content (AvgIpc) is 2.64. The first-order valence-corrected chi connectivity index (χ1v) is 11.0. The van der Waals surface area contributed by atoms with Crippen LogP contribution in [0.5, 0.6) is 0 Å². The van der Waals surface area contributed by atoms with Gasteiger partial charge in [-0.15, -0.1) is 6.58 Å². The molecule has 0 spiro atoms. The second kappa shape index (κ2) is 13.7. The number of hydrogen-bond donors (Lipinski definition) is 0. The molecule has 0 aromatic carbocycles. The molecule has 0 N–H and O–H groups in total. The number of ether oxygens (including phenoxy) is 1. The topological polar surface area (TPSA) is 9.23 Å². The van der Waals surface area contributed by atoms with Crippen molar-refractivity contribution >= 4 is 0 Å². The van der Waals surface area contributed by atoms with Gasteiger partial charge in [0.1, 0.15) is 6.17 Å². The first-order chi connectivity index (χ1) is 12.6. The lowest BCUT2D eigenvalue weighted by atomic mass is 9.80. The highest BCUT2D eigenvalue weighted by atomic mass is 19.2. The van der Waals surface area contributed by atoms with Gasteiger partial charge in [0.2, 0.25) is 0 Å². The molecule has 0 heterocycles. The minimum Gasteiger partial charge on any atom is -0.378 e. The van der Waals surface area contributed by atoms with Gasteiger partial charge in [0.05, 0.1) is 6.10 Å². The molecule has 1 aliphatic rings. The third-order valence-corrected chi connectivity index (χ3v) is 6.30. The van der Waals surface area contributed by atoms with Crippen molar-refractivity contribution in [2.24, 2.45) is 17.8 Å². The first kappa shape index (κ1) is 23.6. The lowest BCUT2D eigenvalue weighted by Gasteiger charge is -2.34. The van der Waals surface area contributed by atoms with Crippen molar-refractivity contribution in [1.82, 2.24) is 0 Å². The van der Waals surface area contributed by atoms with Crippen LogP contribution in [-0.4, -0.2) is 25.6 Å². The molecule has 0 aliphatic heterocycles. The van der Waals surface area contributed by atoms with Gasteiger partial charge in [-0.3, -0.25) is 0 Å². The fraction of sp³-hybridized carbons (Fsp3) is 0.913. The van der Waals surface area contributed by atoms with E-state index in [1.54, 1.807) is 0 Å². The standard InChI is InChI=1S/C23H42F2O/c1-5-10-18(7-3)12-8-13-19(11-6-2)14-9-15-20-16-17-21(26-4)23(25)22(20)24/h7,18-23H,3,5-6,8-17H2,1-2,4H3. The Morgan fingerprint density at radius 1 is 0.962 bits per heavy atom. The van der Waals surface area contributed by atoms with Gasteiger partial charge in [0.25, 0.3) is 0 Å². The van der Waals surface area contributed by atoms with E-state index >= 15 is 0 Å². The summed E-state index contributed by atoms with van der Waals surface area (Å²) in [4.78, 5) is 0. The molecular formula is C23H42F2O. The normalized spacial score (nSPS) is 28.7. The van der Waals surface area contributed by atoms with E-state index in [9.17, 15) is 8.78 Å². The van der Waals surface area contributed by atoms with E-state index in [1.165, 1.54) is 52.1 Å². The van der Waals surface area contributed by atoms with Crippen molar-refractivity contribution in [3.05, 3.63) is 12.7 Å². The van der Waals surface area contributed by atoms with Crippen LogP contribution in [0, 0.1) is 17.8 Å². The Morgan fingerprint density at radius 3 is 2.27 bits per heavy atom. The summed E-state index contributed by atoms with van der Waals surface area (Å²) in [6.45, 7) is 8.44. The van der Waals surface area contributed by atoms with Crippen LogP contribution < -0.4 is 0 Å². The Hall–Kier alpha value is -0.440. The highest BCUT2D eigenvalue weighted by molar-refractivity contribution is 4.88. The maximum atomic E-state index is 14.3. The van der Waals surface area contributed by atoms with Crippen LogP contribution >= 0.6 is 0 Å². The van der Waals surface area contributed by atoms with Crippen LogP contribution in [0.3, 0.4) is 0 Å². The number of allylic oxidation sites excluding steroid dienone is 1. The van der Waals surface area contributed by atoms with Gasteiger partial charge in [-0.25, -0.2) is 8.78 Å². The third kappa shape index (κ3) is 8.06. The number of alkyl halides is 2. The Morgan fingerprint density at radius 2 is 1.65 bits per heavy atom. The minimum atomic E-state index is -1.44. The fourth-order valence-electron chi connectivity index (χ4n) is 4.64. The molecule has 1 aliphatic carbocycles. The lowest BCUT2D eigenvalue weighted by molar-refractivity contribution is -0.0576. The molecule has 6 unspecified atom stereocenters. The molecule has 3 heteroatoms. The van der Waals surface area contributed by atoms with Crippen LogP contribution in [0.1, 0.15) is 90.9 Å². The molecule has 1 rings (SSSR count). The molecule has 26 heavy (non-hydrogen) atoms. The number of rotatable bonds is 14. The quantitative estimate of drug-likeness (QED) is 0.288. The summed E-state index contributed by atoms with van der Waals surface area (Å²) in [5.41, 5.74) is 0. The number of halogens is 2. The Bertz CT molecular complexity index is 360. The predicted octanol–water partition coefficient (Wildman–Crippen LogP) is 7.45. The second-order valence-corrected chi connectivity index (χ2v) is 8.30. The smallest absolute Gasteiger partial charge is 0.157 e. The Balaban J connectivity index is 2.31. The van der Waals surface area contributed by atoms with E-state index in [-0.39, 0.29) is 5.92 Å². The Labute approximate surface area is 161 Å². The van der Waals surface area contributed by atoms with Gasteiger partial charge in [0.15, 0.2) is 6.17 Å². The van der Waals surface area contributed by atoms with Gasteiger partial charge < -0.3 is 4.74 Å². The van der Waals surface area contributed by atoms with E-state index in [2.05, 4.69) is 26.5 Å². The molecule has 1 saturated carbocycles. The van der Waals surface area contributed by atoms with Gasteiger partial charge in [0, 0.05) is 7.11 Å². The average molecular weight is 373 g/mol. The molecule has 0 saturated heterocycles. The molecule has 1 fully saturated rings. The van der Waals surface area contributed by atoms with Gasteiger partial charge in [-0.1, -0.05) is 64.9 Å². The Kier molecular flexibility index (Phi) is 12.4. The summed E-state index contributed by atoms with van der Waals surface area (Å²) in [7, 11) is 1.48. The fourth-order valence-corrected chi connectivity index (χ4v) is 4.64. The summed E-state index contributed by atoms with van der Waals surface area (Å²) in [5.74, 6) is 1.28. The number of hydrogen-bond acceptors (Lipinski definition) is 1. The van der Waals surface area contributed by atoms with Crippen LogP contribution in [0.4, 0.5) is 8.78 Å². The van der Waals surface area contributed by atoms with Crippen LogP contribution in [0.25, 0.3) is 0 Å². The zero-order chi connectivity index (χ0) is 19.4. The zero-order valence-corrected chi connectivity index (χ0v) is 17.4. The van der Waals surface area contributed by atoms with Crippen molar-refractivity contribution in [3.8, 4) is 0 Å². The molecule has 1 nitrogen and oxygen atoms in total. The molecule has 0 bridgehead atoms. The van der Waals surface area contributed by atoms with Crippen LogP contribution in [-0.2, 0) is 4.74 Å². The first-order valence-electron chi connectivity index (χ1n) is 11.0. The van der Waals surface area contributed by atoms with Crippen molar-refractivity contribution in [2.75, 3.05) is 7.11 Å². The van der Waals surface area contributed by atoms with Crippen LogP contribution in [0.2, 0.25) is 0 Å². The van der Waals surface area contributed by atoms with Gasteiger partial charge in [-0.05, 0) is 49.9 Å². The van der Waals surface area contributed by atoms with Gasteiger partial charge >= 0.3 is 0 Å². The summed E-state index contributed by atoms with van der Waals surface area (Å²) in [6.07, 6.45) is 11.9. The molecule has 154 valence electrons. The molecular weight excluding hydrogens is 330 g/mol. The van der Waals surface area contributed by atoms with E-state index in [1.807, 2.05) is 0 Å². The van der Waals surface area contributed by atoms with Crippen LogP contribution in [0.15, 0.2) is 12.7 Å². The minimum absolute atomic E-state index is 0.117. The largest absolute Gasteiger partial charge is 0.378 e. The third-order valence-electron chi connectivity index (χ3n) is 6.30. The maximum absolute atomic E-state index is 14.3. The zero-order valence-electron chi connectivity index (χ0n) is 17.4. The monoisotopic (exact) mass is 372 g/mol. The molecule has 0 amide bonds. The summed E-state index contributed by atoms with van der Waals surface area (Å²) >= 11 is 0. The highest BCUT2D eigenvalue weighted by Crippen LogP contribution is 2.35. The summed E-state index contributed by atoms with van der Waals surface area (Å²) in [5, 5.41) is 0. The van der Waals surface area contributed by atoms with Crippen molar-refractivity contribution in [2.45, 2.75) is 109 Å². The highest BCUT2D eigenvalue weighted by Gasteiger charge is 2.39. The maximum Gasteiger partial charge on any atom is 0.157 e. The van der Waals surface area contributed by atoms with E-state index in [0.29, 0.717) is 12.3 Å². The van der Waals surface area contributed by atoms with Crippen molar-refractivity contribution in [3.63, 3.8) is 0 Å². The molecule has 0 aromatic rings. The predicted molar refractivity (Wildman–Crippen MR) is 108 cm³/mol. The molecule has 0 radical (unpaired) electrons. The number of methoxy groups -OCH3 is 1. The van der Waals surface area contributed by atoms with E-state index in [4.69, 9.17) is 4.74 Å². The lowest BCUT2D eigenvalue weighted by Crippen LogP contribution is -2.42. The summed E-state index contributed by atoms with van der Waals surface area (Å²) in [6, 6.07) is 0.